The molecule has 2 aromatic carbocycles. The zero-order valence-electron chi connectivity index (χ0n) is 24.8. The molecule has 12 heteroatoms. The second kappa shape index (κ2) is 12.6. The van der Waals surface area contributed by atoms with Gasteiger partial charge in [0.2, 0.25) is 21.8 Å². The molecule has 1 aliphatic carbocycles. The van der Waals surface area contributed by atoms with Crippen molar-refractivity contribution in [3.63, 3.8) is 0 Å². The van der Waals surface area contributed by atoms with Crippen LogP contribution in [0.1, 0.15) is 31.7 Å². The fourth-order valence-corrected chi connectivity index (χ4v) is 6.35. The van der Waals surface area contributed by atoms with Gasteiger partial charge in [-0.15, -0.1) is 10.2 Å². The Bertz CT molecular complexity index is 1650. The number of nitrogens with two attached hydrogens (primary N) is 1. The Hall–Kier alpha value is -3.51. The second-order valence-corrected chi connectivity index (χ2v) is 13.6. The van der Waals surface area contributed by atoms with Gasteiger partial charge in [-0.1, -0.05) is 67.1 Å². The Kier molecular flexibility index (Phi) is 9.07. The molecule has 0 aliphatic heterocycles. The number of hydrogen-bond donors (Lipinski definition) is 1. The summed E-state index contributed by atoms with van der Waals surface area (Å²) in [5, 5.41) is 8.66. The molecular weight excluding hydrogens is 588 g/mol. The summed E-state index contributed by atoms with van der Waals surface area (Å²) >= 11 is 7.00. The van der Waals surface area contributed by atoms with Crippen molar-refractivity contribution < 1.29 is 17.6 Å². The maximum absolute atomic E-state index is 13.3. The maximum Gasteiger partial charge on any atom is 0.249 e. The first-order valence-electron chi connectivity index (χ1n) is 14.1. The minimum atomic E-state index is -3.87. The van der Waals surface area contributed by atoms with Gasteiger partial charge in [-0.05, 0) is 55.4 Å². The fraction of sp³-hybridized carbons (Fsp3) is 0.387. The van der Waals surface area contributed by atoms with Crippen molar-refractivity contribution in [3.05, 3.63) is 83.2 Å². The normalized spacial score (nSPS) is 17.8. The molecule has 1 aliphatic rings. The molecule has 0 bridgehead atoms. The van der Waals surface area contributed by atoms with E-state index in [1.165, 1.54) is 0 Å². The van der Waals surface area contributed by atoms with Crippen molar-refractivity contribution in [3.8, 4) is 11.5 Å². The molecule has 0 spiro atoms. The van der Waals surface area contributed by atoms with Crippen LogP contribution in [0.2, 0.25) is 5.02 Å². The molecule has 5 rings (SSSR count). The van der Waals surface area contributed by atoms with E-state index < -0.39 is 15.6 Å². The molecule has 1 fully saturated rings. The fourth-order valence-electron chi connectivity index (χ4n) is 5.08. The minimum Gasteiger partial charge on any atom is -0.419 e. The van der Waals surface area contributed by atoms with Gasteiger partial charge in [-0.25, -0.2) is 17.7 Å². The van der Waals surface area contributed by atoms with Gasteiger partial charge in [0.05, 0.1) is 34.7 Å². The lowest BCUT2D eigenvalue weighted by atomic mass is 9.94. The molecule has 2 N–H and O–H groups in total. The van der Waals surface area contributed by atoms with Gasteiger partial charge in [0.15, 0.2) is 5.82 Å². The highest BCUT2D eigenvalue weighted by molar-refractivity contribution is 7.92. The number of methoxy groups -OCH3 is 1. The monoisotopic (exact) mass is 624 g/mol. The number of halogens is 1. The number of anilines is 3. The van der Waals surface area contributed by atoms with Crippen molar-refractivity contribution in [1.29, 1.82) is 0 Å². The highest BCUT2D eigenvalue weighted by atomic mass is 35.5. The van der Waals surface area contributed by atoms with Crippen molar-refractivity contribution in [1.82, 2.24) is 15.2 Å². The number of rotatable bonds is 13. The van der Waals surface area contributed by atoms with E-state index >= 15 is 0 Å². The summed E-state index contributed by atoms with van der Waals surface area (Å²) in [4.78, 5) is 6.93. The van der Waals surface area contributed by atoms with Crippen LogP contribution in [0.4, 0.5) is 17.3 Å². The minimum absolute atomic E-state index is 0.0358. The molecule has 10 nitrogen and oxygen atoms in total. The van der Waals surface area contributed by atoms with Gasteiger partial charge in [-0.2, -0.15) is 0 Å². The topological polar surface area (TPSA) is 128 Å². The lowest BCUT2D eigenvalue weighted by Gasteiger charge is -2.28. The Balaban J connectivity index is 1.63. The van der Waals surface area contributed by atoms with Crippen LogP contribution >= 0.6 is 11.6 Å². The van der Waals surface area contributed by atoms with Crippen LogP contribution in [0.3, 0.4) is 0 Å². The average molecular weight is 625 g/mol. The molecule has 1 saturated carbocycles. The highest BCUT2D eigenvalue weighted by Crippen LogP contribution is 2.43. The predicted molar refractivity (Wildman–Crippen MR) is 169 cm³/mol. The molecule has 0 saturated heterocycles. The van der Waals surface area contributed by atoms with E-state index in [1.807, 2.05) is 43.3 Å². The molecule has 2 heterocycles. The SMILES string of the molecule is COCCN(CC1CC1C)c1cc(-c2nnc([C@](C)(N)Cc3ccccc3)o2)c(Cl)c(N(c2ccccc2)S(C)(=O)=O)n1. The molecular formula is C31H37ClN6O4S. The van der Waals surface area contributed by atoms with Gasteiger partial charge < -0.3 is 19.8 Å². The number of para-hydroxylation sites is 1. The summed E-state index contributed by atoms with van der Waals surface area (Å²) in [6, 6.07) is 20.3. The van der Waals surface area contributed by atoms with Crippen molar-refractivity contribution >= 4 is 38.9 Å². The Labute approximate surface area is 257 Å². The average Bonchev–Trinajstić information content (AvgIpc) is 3.43. The van der Waals surface area contributed by atoms with Crippen LogP contribution in [0.5, 0.6) is 0 Å². The standard InChI is InChI=1S/C31H37ClN6O4S/c1-21-17-23(21)20-37(15-16-41-3)26-18-25(27(32)28(34-26)38(43(4,39)40)24-13-9-6-10-14-24)29-35-36-30(42-29)31(2,33)19-22-11-7-5-8-12-22/h5-14,18,21,23H,15-17,19-20,33H2,1-4H3/t21?,23?,31-/m1/s1. The Morgan fingerprint density at radius 1 is 1.12 bits per heavy atom. The zero-order valence-corrected chi connectivity index (χ0v) is 26.3. The molecule has 2 aromatic heterocycles. The van der Waals surface area contributed by atoms with Crippen molar-refractivity contribution in [2.24, 2.45) is 17.6 Å². The number of sulfonamides is 1. The molecule has 2 unspecified atom stereocenters. The maximum atomic E-state index is 13.3. The zero-order chi connectivity index (χ0) is 30.8. The summed E-state index contributed by atoms with van der Waals surface area (Å²) in [5.41, 5.74) is 7.47. The Morgan fingerprint density at radius 3 is 2.37 bits per heavy atom. The number of hydrogen-bond acceptors (Lipinski definition) is 9. The van der Waals surface area contributed by atoms with Gasteiger partial charge in [0.1, 0.15) is 5.82 Å². The van der Waals surface area contributed by atoms with Gasteiger partial charge in [0.25, 0.3) is 0 Å². The van der Waals surface area contributed by atoms with Crippen LogP contribution in [0, 0.1) is 11.8 Å². The Morgan fingerprint density at radius 2 is 1.77 bits per heavy atom. The summed E-state index contributed by atoms with van der Waals surface area (Å²) < 4.78 is 39.2. The van der Waals surface area contributed by atoms with E-state index in [0.29, 0.717) is 48.5 Å². The number of pyridine rings is 1. The number of benzene rings is 2. The first-order chi connectivity index (χ1) is 20.5. The highest BCUT2D eigenvalue weighted by Gasteiger charge is 2.36. The van der Waals surface area contributed by atoms with Crippen LogP contribution in [0.25, 0.3) is 11.5 Å². The van der Waals surface area contributed by atoms with Crippen LogP contribution in [0.15, 0.2) is 71.1 Å². The van der Waals surface area contributed by atoms with Crippen LogP contribution in [-0.2, 0) is 26.7 Å². The van der Waals surface area contributed by atoms with E-state index in [-0.39, 0.29) is 22.6 Å². The van der Waals surface area contributed by atoms with E-state index in [9.17, 15) is 8.42 Å². The van der Waals surface area contributed by atoms with E-state index in [0.717, 1.165) is 29.1 Å². The lowest BCUT2D eigenvalue weighted by molar-refractivity contribution is 0.204. The van der Waals surface area contributed by atoms with Crippen molar-refractivity contribution in [2.75, 3.05) is 42.3 Å². The molecule has 4 aromatic rings. The summed E-state index contributed by atoms with van der Waals surface area (Å²) in [6.45, 7) is 5.78. The van der Waals surface area contributed by atoms with Gasteiger partial charge in [0, 0.05) is 20.2 Å². The predicted octanol–water partition coefficient (Wildman–Crippen LogP) is 5.41. The summed E-state index contributed by atoms with van der Waals surface area (Å²) in [6.07, 6.45) is 2.70. The molecule has 0 radical (unpaired) electrons. The van der Waals surface area contributed by atoms with E-state index in [1.54, 1.807) is 37.4 Å². The third kappa shape index (κ3) is 7.18. The molecule has 0 amide bonds. The van der Waals surface area contributed by atoms with Gasteiger partial charge in [-0.3, -0.25) is 0 Å². The first-order valence-corrected chi connectivity index (χ1v) is 16.4. The van der Waals surface area contributed by atoms with E-state index in [2.05, 4.69) is 22.0 Å². The molecule has 228 valence electrons. The number of ether oxygens (including phenoxy) is 1. The second-order valence-electron chi connectivity index (χ2n) is 11.4. The van der Waals surface area contributed by atoms with E-state index in [4.69, 9.17) is 31.5 Å². The number of aromatic nitrogens is 3. The molecule has 3 atom stereocenters. The third-order valence-corrected chi connectivity index (χ3v) is 9.04. The largest absolute Gasteiger partial charge is 0.419 e. The smallest absolute Gasteiger partial charge is 0.249 e. The van der Waals surface area contributed by atoms with Crippen LogP contribution in [-0.4, -0.2) is 56.7 Å². The third-order valence-electron chi connectivity index (χ3n) is 7.62. The van der Waals surface area contributed by atoms with Gasteiger partial charge >= 0.3 is 0 Å². The quantitative estimate of drug-likeness (QED) is 0.208. The summed E-state index contributed by atoms with van der Waals surface area (Å²) in [5.74, 6) is 1.99. The molecule has 43 heavy (non-hydrogen) atoms. The van der Waals surface area contributed by atoms with Crippen LogP contribution < -0.4 is 14.9 Å². The van der Waals surface area contributed by atoms with Crippen molar-refractivity contribution in [2.45, 2.75) is 32.2 Å². The number of nitrogens with zero attached hydrogens (tertiary/aromatic N) is 5. The first kappa shape index (κ1) is 30.9. The lowest BCUT2D eigenvalue weighted by Crippen LogP contribution is -2.35. The summed E-state index contributed by atoms with van der Waals surface area (Å²) in [7, 11) is -2.22.